The molecule has 0 unspecified atom stereocenters. The number of methoxy groups -OCH3 is 3. The molecule has 7 heteroatoms. The maximum atomic E-state index is 11.4. The van der Waals surface area contributed by atoms with Gasteiger partial charge < -0.3 is 18.9 Å². The minimum Gasteiger partial charge on any atom is -0.492 e. The number of hydrogen-bond donors (Lipinski definition) is 0. The molecular weight excluding hydrogens is 314 g/mol. The van der Waals surface area contributed by atoms with Crippen LogP contribution in [-0.4, -0.2) is 26.3 Å². The Hall–Kier alpha value is -2.80. The summed E-state index contributed by atoms with van der Waals surface area (Å²) in [6.45, 7) is 0.338. The zero-order valence-corrected chi connectivity index (χ0v) is 13.8. The van der Waals surface area contributed by atoms with Crippen LogP contribution >= 0.6 is 0 Å². The van der Waals surface area contributed by atoms with Crippen LogP contribution in [-0.2, 0) is 18.0 Å². The van der Waals surface area contributed by atoms with Crippen molar-refractivity contribution in [1.82, 2.24) is 0 Å². The van der Waals surface area contributed by atoms with Crippen molar-refractivity contribution in [2.45, 2.75) is 13.2 Å². The van der Waals surface area contributed by atoms with Crippen molar-refractivity contribution in [2.75, 3.05) is 21.3 Å². The number of rotatable bonds is 8. The fourth-order valence-electron chi connectivity index (χ4n) is 2.35. The lowest BCUT2D eigenvalue weighted by atomic mass is 10.1. The third-order valence-electron chi connectivity index (χ3n) is 3.46. The van der Waals surface area contributed by atoms with E-state index in [1.807, 2.05) is 30.3 Å². The van der Waals surface area contributed by atoms with Gasteiger partial charge in [-0.1, -0.05) is 30.3 Å². The molecule has 0 bridgehead atoms. The maximum Gasteiger partial charge on any atom is 0.282 e. The Balaban J connectivity index is 2.33. The van der Waals surface area contributed by atoms with Crippen molar-refractivity contribution in [2.24, 2.45) is 0 Å². The number of benzene rings is 2. The van der Waals surface area contributed by atoms with E-state index in [2.05, 4.69) is 0 Å². The van der Waals surface area contributed by atoms with Crippen LogP contribution in [0.4, 0.5) is 5.69 Å². The van der Waals surface area contributed by atoms with Gasteiger partial charge in [0.25, 0.3) is 5.69 Å². The Morgan fingerprint density at radius 2 is 1.62 bits per heavy atom. The molecular formula is C17H19NO6. The second-order valence-electron chi connectivity index (χ2n) is 4.88. The Morgan fingerprint density at radius 3 is 2.17 bits per heavy atom. The summed E-state index contributed by atoms with van der Waals surface area (Å²) in [4.78, 5) is 10.9. The van der Waals surface area contributed by atoms with Crippen LogP contribution < -0.4 is 14.2 Å². The predicted octanol–water partition coefficient (Wildman–Crippen LogP) is 3.34. The number of hydrogen-bond acceptors (Lipinski definition) is 6. The van der Waals surface area contributed by atoms with E-state index in [9.17, 15) is 10.1 Å². The Morgan fingerprint density at radius 1 is 0.958 bits per heavy atom. The van der Waals surface area contributed by atoms with Gasteiger partial charge in [0.1, 0.15) is 5.56 Å². The number of nitro groups is 1. The molecule has 0 spiro atoms. The summed E-state index contributed by atoms with van der Waals surface area (Å²) in [5.41, 5.74) is 1.13. The molecule has 0 aliphatic rings. The van der Waals surface area contributed by atoms with E-state index in [1.165, 1.54) is 27.4 Å². The van der Waals surface area contributed by atoms with E-state index in [0.29, 0.717) is 17.9 Å². The summed E-state index contributed by atoms with van der Waals surface area (Å²) in [5.74, 6) is 0.758. The van der Waals surface area contributed by atoms with Crippen molar-refractivity contribution in [3.8, 4) is 17.2 Å². The molecule has 0 amide bonds. The Labute approximate surface area is 139 Å². The summed E-state index contributed by atoms with van der Waals surface area (Å²) in [5, 5.41) is 11.4. The first-order chi connectivity index (χ1) is 11.6. The first-order valence-electron chi connectivity index (χ1n) is 7.20. The fourth-order valence-corrected chi connectivity index (χ4v) is 2.35. The van der Waals surface area contributed by atoms with Crippen molar-refractivity contribution >= 4 is 5.69 Å². The van der Waals surface area contributed by atoms with Crippen molar-refractivity contribution in [1.29, 1.82) is 0 Å². The molecule has 0 saturated heterocycles. The SMILES string of the molecule is COc1cc([N+](=O)[O-])c(COCc2ccccc2)c(OC)c1OC. The van der Waals surface area contributed by atoms with E-state index < -0.39 is 4.92 Å². The Bertz CT molecular complexity index is 702. The molecule has 0 fully saturated rings. The second kappa shape index (κ2) is 8.16. The lowest BCUT2D eigenvalue weighted by molar-refractivity contribution is -0.386. The van der Waals surface area contributed by atoms with Crippen LogP contribution in [0.3, 0.4) is 0 Å². The van der Waals surface area contributed by atoms with Gasteiger partial charge >= 0.3 is 0 Å². The smallest absolute Gasteiger partial charge is 0.282 e. The minimum absolute atomic E-state index is 0.00867. The lowest BCUT2D eigenvalue weighted by Crippen LogP contribution is -2.05. The molecule has 0 aromatic heterocycles. The molecule has 0 aliphatic heterocycles. The average molecular weight is 333 g/mol. The molecule has 0 saturated carbocycles. The molecule has 7 nitrogen and oxygen atoms in total. The number of nitrogens with zero attached hydrogens (tertiary/aromatic N) is 1. The van der Waals surface area contributed by atoms with Gasteiger partial charge in [-0.2, -0.15) is 0 Å². The molecule has 24 heavy (non-hydrogen) atoms. The van der Waals surface area contributed by atoms with E-state index in [-0.39, 0.29) is 23.8 Å². The largest absolute Gasteiger partial charge is 0.492 e. The van der Waals surface area contributed by atoms with E-state index in [0.717, 1.165) is 5.56 Å². The molecule has 0 heterocycles. The normalized spacial score (nSPS) is 10.3. The zero-order valence-electron chi connectivity index (χ0n) is 13.8. The van der Waals surface area contributed by atoms with Gasteiger partial charge in [0.15, 0.2) is 11.5 Å². The summed E-state index contributed by atoms with van der Waals surface area (Å²) in [6, 6.07) is 10.9. The summed E-state index contributed by atoms with van der Waals surface area (Å²) in [6.07, 6.45) is 0. The molecule has 0 radical (unpaired) electrons. The highest BCUT2D eigenvalue weighted by Gasteiger charge is 2.27. The quantitative estimate of drug-likeness (QED) is 0.544. The van der Waals surface area contributed by atoms with Gasteiger partial charge in [-0.25, -0.2) is 0 Å². The van der Waals surface area contributed by atoms with E-state index in [4.69, 9.17) is 18.9 Å². The van der Waals surface area contributed by atoms with Gasteiger partial charge in [0, 0.05) is 0 Å². The second-order valence-corrected chi connectivity index (χ2v) is 4.88. The highest BCUT2D eigenvalue weighted by Crippen LogP contribution is 2.45. The fraction of sp³-hybridized carbons (Fsp3) is 0.294. The average Bonchev–Trinajstić information content (AvgIpc) is 2.61. The first kappa shape index (κ1) is 17.6. The van der Waals surface area contributed by atoms with Gasteiger partial charge in [-0.05, 0) is 5.56 Å². The molecule has 0 atom stereocenters. The van der Waals surface area contributed by atoms with E-state index >= 15 is 0 Å². The third-order valence-corrected chi connectivity index (χ3v) is 3.46. The van der Waals surface area contributed by atoms with Gasteiger partial charge in [0.05, 0.1) is 45.5 Å². The summed E-state index contributed by atoms with van der Waals surface area (Å²) < 4.78 is 21.4. The molecule has 128 valence electrons. The molecule has 2 aromatic carbocycles. The topological polar surface area (TPSA) is 80.1 Å². The minimum atomic E-state index is -0.494. The Kier molecular flexibility index (Phi) is 5.97. The standard InChI is InChI=1S/C17H19NO6/c1-21-15-9-14(18(19)20)13(16(22-2)17(15)23-3)11-24-10-12-7-5-4-6-8-12/h4-9H,10-11H2,1-3H3. The van der Waals surface area contributed by atoms with Crippen LogP contribution in [0.1, 0.15) is 11.1 Å². The van der Waals surface area contributed by atoms with E-state index in [1.54, 1.807) is 0 Å². The van der Waals surface area contributed by atoms with Gasteiger partial charge in [-0.15, -0.1) is 0 Å². The first-order valence-corrected chi connectivity index (χ1v) is 7.20. The van der Waals surface area contributed by atoms with Crippen molar-refractivity contribution < 1.29 is 23.9 Å². The van der Waals surface area contributed by atoms with Gasteiger partial charge in [-0.3, -0.25) is 10.1 Å². The maximum absolute atomic E-state index is 11.4. The van der Waals surface area contributed by atoms with Crippen LogP contribution in [0.2, 0.25) is 0 Å². The highest BCUT2D eigenvalue weighted by molar-refractivity contribution is 5.64. The van der Waals surface area contributed by atoms with Gasteiger partial charge in [0.2, 0.25) is 5.75 Å². The monoisotopic (exact) mass is 333 g/mol. The van der Waals surface area contributed by atoms with Crippen LogP contribution in [0.15, 0.2) is 36.4 Å². The number of nitro benzene ring substituents is 1. The third kappa shape index (κ3) is 3.75. The molecule has 2 rings (SSSR count). The van der Waals surface area contributed by atoms with Crippen molar-refractivity contribution in [3.05, 3.63) is 57.6 Å². The molecule has 2 aromatic rings. The van der Waals surface area contributed by atoms with Crippen LogP contribution in [0.25, 0.3) is 0 Å². The molecule has 0 aliphatic carbocycles. The predicted molar refractivity (Wildman–Crippen MR) is 87.7 cm³/mol. The van der Waals surface area contributed by atoms with Crippen LogP contribution in [0.5, 0.6) is 17.2 Å². The van der Waals surface area contributed by atoms with Crippen molar-refractivity contribution in [3.63, 3.8) is 0 Å². The van der Waals surface area contributed by atoms with Crippen LogP contribution in [0, 0.1) is 10.1 Å². The zero-order chi connectivity index (χ0) is 17.5. The summed E-state index contributed by atoms with van der Waals surface area (Å²) in [7, 11) is 4.27. The lowest BCUT2D eigenvalue weighted by Gasteiger charge is -2.16. The molecule has 0 N–H and O–H groups in total. The highest BCUT2D eigenvalue weighted by atomic mass is 16.6. The number of ether oxygens (including phenoxy) is 4. The summed E-state index contributed by atoms with van der Waals surface area (Å²) >= 11 is 0.